The van der Waals surface area contributed by atoms with Gasteiger partial charge in [-0.05, 0) is 103 Å². The van der Waals surface area contributed by atoms with Gasteiger partial charge in [0.05, 0.1) is 12.2 Å². The third kappa shape index (κ3) is 8.25. The van der Waals surface area contributed by atoms with E-state index < -0.39 is 23.4 Å². The topological polar surface area (TPSA) is 136 Å². The van der Waals surface area contributed by atoms with Gasteiger partial charge in [-0.3, -0.25) is 0 Å². The summed E-state index contributed by atoms with van der Waals surface area (Å²) in [6, 6.07) is 7.75. The molecule has 4 aromatic rings. The number of hydrogen-bond donors (Lipinski definition) is 2. The lowest BCUT2D eigenvalue weighted by atomic mass is 10.1. The van der Waals surface area contributed by atoms with Crippen LogP contribution in [0.15, 0.2) is 43.0 Å². The number of imidazole rings is 1. The third-order valence-electron chi connectivity index (χ3n) is 7.06. The van der Waals surface area contributed by atoms with Gasteiger partial charge in [0.25, 0.3) is 0 Å². The minimum absolute atomic E-state index is 0.126. The largest absolute Gasteiger partial charge is 0.443 e. The first-order chi connectivity index (χ1) is 21.1. The Kier molecular flexibility index (Phi) is 8.68. The van der Waals surface area contributed by atoms with E-state index in [1.165, 1.54) is 24.7 Å². The molecule has 0 aliphatic heterocycles. The number of nitrogens with zero attached hydrogens (tertiary/aromatic N) is 6. The number of carbonyl (C=O) groups is 2. The Labute approximate surface area is 263 Å². The van der Waals surface area contributed by atoms with Crippen molar-refractivity contribution in [3.63, 3.8) is 0 Å². The van der Waals surface area contributed by atoms with Gasteiger partial charge in [-0.25, -0.2) is 29.5 Å². The van der Waals surface area contributed by atoms with Crippen molar-refractivity contribution < 1.29 is 19.1 Å². The van der Waals surface area contributed by atoms with Crippen LogP contribution in [0.3, 0.4) is 0 Å². The summed E-state index contributed by atoms with van der Waals surface area (Å²) < 4.78 is 13.1. The molecule has 2 N–H and O–H groups in total. The first-order valence-corrected chi connectivity index (χ1v) is 15.2. The van der Waals surface area contributed by atoms with E-state index in [0.29, 0.717) is 36.3 Å². The van der Waals surface area contributed by atoms with Crippen molar-refractivity contribution in [2.24, 2.45) is 0 Å². The van der Waals surface area contributed by atoms with E-state index in [0.717, 1.165) is 27.4 Å². The average molecular weight is 615 g/mol. The molecular weight excluding hydrogens is 572 g/mol. The number of aromatic nitrogens is 5. The molecule has 5 rings (SSSR count). The zero-order valence-corrected chi connectivity index (χ0v) is 27.3. The molecule has 0 atom stereocenters. The maximum Gasteiger partial charge on any atom is 0.425 e. The Balaban J connectivity index is 1.26. The summed E-state index contributed by atoms with van der Waals surface area (Å²) >= 11 is 0. The molecule has 4 heterocycles. The van der Waals surface area contributed by atoms with Crippen LogP contribution in [0.4, 0.5) is 27.0 Å². The van der Waals surface area contributed by atoms with E-state index in [-0.39, 0.29) is 5.82 Å². The van der Waals surface area contributed by atoms with E-state index in [1.807, 2.05) is 26.1 Å². The SMILES string of the molecule is Cc1cc(N(C(=O)OC(C)(C)C)C(=O)OC(C)(C)C)nc(C)c1CNc1cc(NCc2cn3cc(C4CC4)ccc3n2)ncn1. The van der Waals surface area contributed by atoms with Gasteiger partial charge >= 0.3 is 12.2 Å². The maximum atomic E-state index is 13.1. The van der Waals surface area contributed by atoms with Gasteiger partial charge in [0.1, 0.15) is 40.6 Å². The Morgan fingerprint density at radius 1 is 0.889 bits per heavy atom. The van der Waals surface area contributed by atoms with E-state index in [1.54, 1.807) is 47.6 Å². The number of ether oxygens (including phenoxy) is 2. The second-order valence-electron chi connectivity index (χ2n) is 13.4. The molecule has 1 aliphatic rings. The van der Waals surface area contributed by atoms with Gasteiger partial charge < -0.3 is 24.5 Å². The molecule has 0 bridgehead atoms. The number of rotatable bonds is 8. The smallest absolute Gasteiger partial charge is 0.425 e. The number of aryl methyl sites for hydroxylation is 2. The summed E-state index contributed by atoms with van der Waals surface area (Å²) in [6.45, 7) is 15.0. The van der Waals surface area contributed by atoms with E-state index >= 15 is 0 Å². The molecule has 0 radical (unpaired) electrons. The quantitative estimate of drug-likeness (QED) is 0.215. The fourth-order valence-corrected chi connectivity index (χ4v) is 4.81. The predicted molar refractivity (Wildman–Crippen MR) is 173 cm³/mol. The van der Waals surface area contributed by atoms with Crippen LogP contribution in [-0.2, 0) is 22.6 Å². The summed E-state index contributed by atoms with van der Waals surface area (Å²) in [7, 11) is 0. The monoisotopic (exact) mass is 614 g/mol. The van der Waals surface area contributed by atoms with Crippen molar-refractivity contribution in [3.05, 3.63) is 71.1 Å². The number of pyridine rings is 2. The minimum atomic E-state index is -0.860. The van der Waals surface area contributed by atoms with Crippen molar-refractivity contribution in [1.29, 1.82) is 0 Å². The number of amides is 2. The van der Waals surface area contributed by atoms with Crippen LogP contribution in [0.25, 0.3) is 5.65 Å². The van der Waals surface area contributed by atoms with Gasteiger partial charge in [-0.2, -0.15) is 4.90 Å². The molecule has 1 aliphatic carbocycles. The fourth-order valence-electron chi connectivity index (χ4n) is 4.81. The van der Waals surface area contributed by atoms with Gasteiger partial charge in [0, 0.05) is 30.7 Å². The standard InChI is InChI=1S/C33H42N8O4/c1-20-13-29(41(30(42)44-32(3,4)5)31(43)45-33(6,7)8)38-21(2)25(20)16-35-27-14-26(36-19-37-27)34-15-24-18-40-17-23(22-9-10-22)11-12-28(40)39-24/h11-14,17-19,22H,9-10,15-16H2,1-8H3,(H2,34,35,36,37). The molecule has 2 amide bonds. The molecule has 12 nitrogen and oxygen atoms in total. The van der Waals surface area contributed by atoms with Gasteiger partial charge in [0.15, 0.2) is 0 Å². The van der Waals surface area contributed by atoms with Crippen molar-refractivity contribution in [2.45, 2.75) is 98.4 Å². The first kappa shape index (κ1) is 31.7. The van der Waals surface area contributed by atoms with Crippen LogP contribution in [-0.4, -0.2) is 47.7 Å². The van der Waals surface area contributed by atoms with Crippen LogP contribution < -0.4 is 15.5 Å². The van der Waals surface area contributed by atoms with Crippen LogP contribution in [0.2, 0.25) is 0 Å². The predicted octanol–water partition coefficient (Wildman–Crippen LogP) is 6.91. The average Bonchev–Trinajstić information content (AvgIpc) is 3.69. The molecule has 4 aromatic heterocycles. The Morgan fingerprint density at radius 2 is 1.51 bits per heavy atom. The van der Waals surface area contributed by atoms with Gasteiger partial charge in [0.2, 0.25) is 0 Å². The highest BCUT2D eigenvalue weighted by molar-refractivity contribution is 6.08. The zero-order chi connectivity index (χ0) is 32.5. The van der Waals surface area contributed by atoms with Crippen molar-refractivity contribution in [2.75, 3.05) is 15.5 Å². The molecule has 0 aromatic carbocycles. The van der Waals surface area contributed by atoms with Crippen LogP contribution in [0, 0.1) is 13.8 Å². The van der Waals surface area contributed by atoms with E-state index in [9.17, 15) is 9.59 Å². The Hall–Kier alpha value is -4.74. The number of hydrogen-bond acceptors (Lipinski definition) is 10. The molecule has 45 heavy (non-hydrogen) atoms. The molecule has 12 heteroatoms. The molecule has 1 fully saturated rings. The summed E-state index contributed by atoms with van der Waals surface area (Å²) in [5.74, 6) is 2.11. The van der Waals surface area contributed by atoms with E-state index in [2.05, 4.69) is 48.3 Å². The zero-order valence-electron chi connectivity index (χ0n) is 27.3. The number of fused-ring (bicyclic) bond motifs is 1. The molecule has 1 saturated carbocycles. The van der Waals surface area contributed by atoms with Gasteiger partial charge in [-0.1, -0.05) is 6.07 Å². The molecule has 0 spiro atoms. The minimum Gasteiger partial charge on any atom is -0.443 e. The summed E-state index contributed by atoms with van der Waals surface area (Å²) in [6.07, 6.45) is 6.53. The van der Waals surface area contributed by atoms with Crippen LogP contribution in [0.1, 0.15) is 88.4 Å². The summed E-state index contributed by atoms with van der Waals surface area (Å²) in [4.78, 5) is 45.1. The van der Waals surface area contributed by atoms with Gasteiger partial charge in [-0.15, -0.1) is 0 Å². The lowest BCUT2D eigenvalue weighted by molar-refractivity contribution is 0.0429. The summed E-state index contributed by atoms with van der Waals surface area (Å²) in [5, 5.41) is 6.67. The Morgan fingerprint density at radius 3 is 2.09 bits per heavy atom. The van der Waals surface area contributed by atoms with Crippen LogP contribution in [0.5, 0.6) is 0 Å². The molecular formula is C33H42N8O4. The third-order valence-corrected chi connectivity index (χ3v) is 7.06. The number of nitrogens with one attached hydrogen (secondary N) is 2. The second-order valence-corrected chi connectivity index (χ2v) is 13.4. The highest BCUT2D eigenvalue weighted by Gasteiger charge is 2.34. The van der Waals surface area contributed by atoms with Crippen molar-refractivity contribution >= 4 is 35.3 Å². The lowest BCUT2D eigenvalue weighted by Gasteiger charge is -2.28. The second kappa shape index (κ2) is 12.3. The Bertz CT molecular complexity index is 1660. The maximum absolute atomic E-state index is 13.1. The fraction of sp³-hybridized carbons (Fsp3) is 0.455. The van der Waals surface area contributed by atoms with Crippen molar-refractivity contribution in [3.8, 4) is 0 Å². The molecule has 0 unspecified atom stereocenters. The molecule has 0 saturated heterocycles. The number of imide groups is 1. The lowest BCUT2D eigenvalue weighted by Crippen LogP contribution is -2.44. The molecule has 238 valence electrons. The highest BCUT2D eigenvalue weighted by Crippen LogP contribution is 2.39. The number of carbonyl (C=O) groups excluding carboxylic acids is 2. The first-order valence-electron chi connectivity index (χ1n) is 15.2. The van der Waals surface area contributed by atoms with Crippen LogP contribution >= 0.6 is 0 Å². The summed E-state index contributed by atoms with van der Waals surface area (Å²) in [5.41, 5.74) is 3.93. The normalized spacial score (nSPS) is 13.4. The van der Waals surface area contributed by atoms with Crippen molar-refractivity contribution in [1.82, 2.24) is 24.3 Å². The highest BCUT2D eigenvalue weighted by atomic mass is 16.6. The number of anilines is 3. The van der Waals surface area contributed by atoms with E-state index in [4.69, 9.17) is 14.5 Å².